The number of ether oxygens (including phenoxy) is 1. The third kappa shape index (κ3) is 3.00. The first-order valence-corrected chi connectivity index (χ1v) is 8.95. The molecule has 1 radical (unpaired) electrons. The van der Waals surface area contributed by atoms with Crippen molar-refractivity contribution in [2.24, 2.45) is 0 Å². The fraction of sp³-hybridized carbons (Fsp3) is 0.846. The second-order valence-corrected chi connectivity index (χ2v) is 8.10. The maximum Gasteiger partial charge on any atom is 0.337 e. The molecule has 0 aromatic carbocycles. The van der Waals surface area contributed by atoms with Gasteiger partial charge in [0, 0.05) is 12.1 Å². The van der Waals surface area contributed by atoms with Crippen LogP contribution in [0.5, 0.6) is 0 Å². The molecule has 0 amide bonds. The molecular weight excluding hydrogens is 262 g/mol. The molecule has 109 valence electrons. The van der Waals surface area contributed by atoms with Crippen LogP contribution in [0.2, 0.25) is 13.1 Å². The third-order valence-electron chi connectivity index (χ3n) is 3.35. The Labute approximate surface area is 117 Å². The summed E-state index contributed by atoms with van der Waals surface area (Å²) in [5, 5.41) is 0. The highest BCUT2D eigenvalue weighted by Gasteiger charge is 2.59. The largest absolute Gasteiger partial charge is 0.516 e. The Morgan fingerprint density at radius 1 is 1.21 bits per heavy atom. The zero-order valence-corrected chi connectivity index (χ0v) is 13.7. The van der Waals surface area contributed by atoms with Crippen molar-refractivity contribution in [3.63, 3.8) is 0 Å². The molecule has 0 aromatic heterocycles. The van der Waals surface area contributed by atoms with E-state index in [0.29, 0.717) is 13.0 Å². The summed E-state index contributed by atoms with van der Waals surface area (Å²) in [6.45, 7) is 10.4. The molecule has 0 N–H and O–H groups in total. The fourth-order valence-corrected chi connectivity index (χ4v) is 3.21. The molecule has 5 nitrogen and oxygen atoms in total. The molecule has 1 rings (SSSR count). The van der Waals surface area contributed by atoms with Crippen molar-refractivity contribution in [3.05, 3.63) is 0 Å². The topological polar surface area (TPSA) is 55.8 Å². The standard InChI is InChI=1S/C13H24NO4Si/c1-12(2,3)14-9-7-8-13(14,10(15)17-4)11(16)18-19(5)6/h7-9H2,1-6H3. The molecule has 1 heterocycles. The number of esters is 1. The smallest absolute Gasteiger partial charge is 0.337 e. The van der Waals surface area contributed by atoms with E-state index in [9.17, 15) is 9.59 Å². The van der Waals surface area contributed by atoms with Gasteiger partial charge in [-0.3, -0.25) is 9.69 Å². The molecule has 0 aliphatic carbocycles. The van der Waals surface area contributed by atoms with Gasteiger partial charge in [-0.05, 0) is 46.7 Å². The van der Waals surface area contributed by atoms with Gasteiger partial charge in [0.05, 0.1) is 7.11 Å². The predicted molar refractivity (Wildman–Crippen MR) is 74.0 cm³/mol. The molecular formula is C13H24NO4Si. The van der Waals surface area contributed by atoms with Crippen molar-refractivity contribution in [3.8, 4) is 0 Å². The minimum Gasteiger partial charge on any atom is -0.516 e. The number of carbonyl (C=O) groups excluding carboxylic acids is 2. The summed E-state index contributed by atoms with van der Waals surface area (Å²) in [7, 11) is 0.119. The molecule has 1 atom stereocenters. The van der Waals surface area contributed by atoms with E-state index in [1.54, 1.807) is 0 Å². The van der Waals surface area contributed by atoms with Crippen molar-refractivity contribution < 1.29 is 18.8 Å². The molecule has 19 heavy (non-hydrogen) atoms. The van der Waals surface area contributed by atoms with E-state index in [2.05, 4.69) is 0 Å². The molecule has 1 unspecified atom stereocenters. The second kappa shape index (κ2) is 5.62. The Morgan fingerprint density at radius 3 is 2.21 bits per heavy atom. The average Bonchev–Trinajstić information content (AvgIpc) is 2.72. The second-order valence-electron chi connectivity index (χ2n) is 6.08. The van der Waals surface area contributed by atoms with Gasteiger partial charge in [0.15, 0.2) is 0 Å². The number of rotatable bonds is 3. The Balaban J connectivity index is 3.20. The van der Waals surface area contributed by atoms with Gasteiger partial charge in [0.1, 0.15) is 0 Å². The van der Waals surface area contributed by atoms with Crippen molar-refractivity contribution in [1.29, 1.82) is 0 Å². The summed E-state index contributed by atoms with van der Waals surface area (Å²) in [5.74, 6) is -0.959. The van der Waals surface area contributed by atoms with Crippen molar-refractivity contribution >= 4 is 21.0 Å². The van der Waals surface area contributed by atoms with E-state index >= 15 is 0 Å². The van der Waals surface area contributed by atoms with E-state index in [0.717, 1.165) is 6.42 Å². The van der Waals surface area contributed by atoms with Gasteiger partial charge in [-0.15, -0.1) is 0 Å². The molecule has 1 aliphatic heterocycles. The Hall–Kier alpha value is -0.883. The maximum atomic E-state index is 12.5. The molecule has 1 saturated heterocycles. The first-order chi connectivity index (χ1) is 8.66. The van der Waals surface area contributed by atoms with Crippen molar-refractivity contribution in [2.75, 3.05) is 13.7 Å². The molecule has 0 spiro atoms. The van der Waals surface area contributed by atoms with Crippen LogP contribution in [0.1, 0.15) is 33.6 Å². The first kappa shape index (κ1) is 16.2. The van der Waals surface area contributed by atoms with Gasteiger partial charge >= 0.3 is 11.9 Å². The zero-order chi connectivity index (χ0) is 14.8. The highest BCUT2D eigenvalue weighted by atomic mass is 28.3. The van der Waals surface area contributed by atoms with Gasteiger partial charge in [0.2, 0.25) is 5.54 Å². The lowest BCUT2D eigenvalue weighted by molar-refractivity contribution is -0.170. The minimum atomic E-state index is -1.27. The Morgan fingerprint density at radius 2 is 1.79 bits per heavy atom. The van der Waals surface area contributed by atoms with Crippen molar-refractivity contribution in [1.82, 2.24) is 4.90 Å². The van der Waals surface area contributed by atoms with Gasteiger partial charge in [0.25, 0.3) is 9.04 Å². The summed E-state index contributed by atoms with van der Waals surface area (Å²) in [5.41, 5.74) is -1.56. The number of nitrogens with zero attached hydrogens (tertiary/aromatic N) is 1. The number of carbonyl (C=O) groups is 2. The molecule has 1 fully saturated rings. The zero-order valence-electron chi connectivity index (χ0n) is 12.7. The fourth-order valence-electron chi connectivity index (χ4n) is 2.67. The highest BCUT2D eigenvalue weighted by molar-refractivity contribution is 6.51. The van der Waals surface area contributed by atoms with E-state index in [4.69, 9.17) is 9.16 Å². The normalized spacial score (nSPS) is 24.6. The van der Waals surface area contributed by atoms with Crippen molar-refractivity contribution in [2.45, 2.75) is 57.8 Å². The summed E-state index contributed by atoms with van der Waals surface area (Å²) in [6.07, 6.45) is 1.25. The molecule has 1 aliphatic rings. The van der Waals surface area contributed by atoms with Gasteiger partial charge in [-0.1, -0.05) is 0 Å². The molecule has 0 bridgehead atoms. The average molecular weight is 286 g/mol. The number of methoxy groups -OCH3 is 1. The van der Waals surface area contributed by atoms with E-state index < -0.39 is 26.5 Å². The van der Waals surface area contributed by atoms with Crippen LogP contribution in [-0.2, 0) is 18.8 Å². The quantitative estimate of drug-likeness (QED) is 0.448. The van der Waals surface area contributed by atoms with Gasteiger partial charge < -0.3 is 9.16 Å². The monoisotopic (exact) mass is 286 g/mol. The van der Waals surface area contributed by atoms with E-state index in [1.807, 2.05) is 38.8 Å². The first-order valence-electron chi connectivity index (χ1n) is 6.55. The lowest BCUT2D eigenvalue weighted by atomic mass is 9.92. The van der Waals surface area contributed by atoms with Crippen LogP contribution >= 0.6 is 0 Å². The summed E-state index contributed by atoms with van der Waals surface area (Å²) in [4.78, 5) is 26.7. The van der Waals surface area contributed by atoms with E-state index in [-0.39, 0.29) is 5.54 Å². The van der Waals surface area contributed by atoms with Gasteiger partial charge in [-0.2, -0.15) is 0 Å². The highest BCUT2D eigenvalue weighted by Crippen LogP contribution is 2.37. The minimum absolute atomic E-state index is 0.294. The molecule has 0 saturated carbocycles. The lowest BCUT2D eigenvalue weighted by Gasteiger charge is -2.42. The predicted octanol–water partition coefficient (Wildman–Crippen LogP) is 1.59. The maximum absolute atomic E-state index is 12.5. The van der Waals surface area contributed by atoms with Crippen LogP contribution in [-0.4, -0.2) is 50.6 Å². The molecule has 0 aromatic rings. The summed E-state index contributed by atoms with van der Waals surface area (Å²) in [6, 6.07) is 0. The number of hydrogen-bond donors (Lipinski definition) is 0. The summed E-state index contributed by atoms with van der Waals surface area (Å²) < 4.78 is 10.3. The number of hydrogen-bond acceptors (Lipinski definition) is 5. The van der Waals surface area contributed by atoms with Crippen LogP contribution in [0.3, 0.4) is 0 Å². The third-order valence-corrected chi connectivity index (χ3v) is 3.94. The summed E-state index contributed by atoms with van der Waals surface area (Å²) >= 11 is 0. The lowest BCUT2D eigenvalue weighted by Crippen LogP contribution is -2.63. The van der Waals surface area contributed by atoms with Crippen LogP contribution in [0.4, 0.5) is 0 Å². The molecule has 6 heteroatoms. The SMILES string of the molecule is COC(=O)C1(C(=O)O[Si](C)C)CCCN1C(C)(C)C. The van der Waals surface area contributed by atoms with E-state index in [1.165, 1.54) is 7.11 Å². The van der Waals surface area contributed by atoms with Gasteiger partial charge in [-0.25, -0.2) is 4.79 Å². The van der Waals surface area contributed by atoms with Crippen LogP contribution in [0.25, 0.3) is 0 Å². The van der Waals surface area contributed by atoms with Crippen LogP contribution in [0, 0.1) is 0 Å². The Bertz CT molecular complexity index is 364. The number of likely N-dealkylation sites (tertiary alicyclic amines) is 1. The van der Waals surface area contributed by atoms with Crippen LogP contribution in [0.15, 0.2) is 0 Å². The van der Waals surface area contributed by atoms with Crippen LogP contribution < -0.4 is 0 Å². The Kier molecular flexibility index (Phi) is 4.79.